The molecule has 1 saturated heterocycles. The van der Waals surface area contributed by atoms with E-state index in [2.05, 4.69) is 11.1 Å². The molecule has 0 atom stereocenters. The number of furan rings is 1. The second kappa shape index (κ2) is 10.2. The van der Waals surface area contributed by atoms with Crippen LogP contribution in [0.15, 0.2) is 59.1 Å². The summed E-state index contributed by atoms with van der Waals surface area (Å²) in [6.07, 6.45) is 7.36. The van der Waals surface area contributed by atoms with Crippen LogP contribution in [0.25, 0.3) is 33.6 Å². The van der Waals surface area contributed by atoms with Crippen molar-refractivity contribution in [1.29, 1.82) is 5.26 Å². The van der Waals surface area contributed by atoms with E-state index in [0.717, 1.165) is 49.0 Å². The molecule has 1 amide bonds. The highest BCUT2D eigenvalue weighted by atomic mass is 16.5. The third-order valence-electron chi connectivity index (χ3n) is 7.35. The summed E-state index contributed by atoms with van der Waals surface area (Å²) in [5, 5.41) is 9.73. The zero-order chi connectivity index (χ0) is 26.1. The first-order valence-corrected chi connectivity index (χ1v) is 13.2. The molecular weight excluding hydrogens is 478 g/mol. The Morgan fingerprint density at radius 1 is 1.05 bits per heavy atom. The number of fused-ring (bicyclic) bond motifs is 1. The van der Waals surface area contributed by atoms with Crippen molar-refractivity contribution in [3.8, 4) is 40.0 Å². The van der Waals surface area contributed by atoms with Gasteiger partial charge < -0.3 is 18.8 Å². The van der Waals surface area contributed by atoms with Gasteiger partial charge >= 0.3 is 0 Å². The number of hydrogen-bond acceptors (Lipinski definition) is 6. The summed E-state index contributed by atoms with van der Waals surface area (Å²) in [6.45, 7) is 2.22. The molecule has 1 aliphatic heterocycles. The van der Waals surface area contributed by atoms with E-state index in [-0.39, 0.29) is 5.91 Å². The minimum atomic E-state index is -0.000450. The van der Waals surface area contributed by atoms with Gasteiger partial charge in [0.2, 0.25) is 0 Å². The van der Waals surface area contributed by atoms with Crippen molar-refractivity contribution in [2.45, 2.75) is 32.1 Å². The van der Waals surface area contributed by atoms with E-state index >= 15 is 0 Å². The van der Waals surface area contributed by atoms with Gasteiger partial charge in [0, 0.05) is 36.5 Å². The van der Waals surface area contributed by atoms with Gasteiger partial charge in [-0.1, -0.05) is 12.1 Å². The fourth-order valence-electron chi connectivity index (χ4n) is 5.00. The van der Waals surface area contributed by atoms with Crippen molar-refractivity contribution in [2.75, 3.05) is 26.8 Å². The van der Waals surface area contributed by atoms with Crippen LogP contribution in [0.2, 0.25) is 0 Å². The topological polar surface area (TPSA) is 88.6 Å². The number of amides is 1. The molecule has 2 aromatic heterocycles. The maximum Gasteiger partial charge on any atom is 0.257 e. The molecule has 2 aromatic carbocycles. The van der Waals surface area contributed by atoms with Gasteiger partial charge in [0.05, 0.1) is 24.8 Å². The van der Waals surface area contributed by atoms with Crippen LogP contribution in [0.1, 0.15) is 48.0 Å². The van der Waals surface area contributed by atoms with Crippen LogP contribution in [0.3, 0.4) is 0 Å². The number of nitrogens with zero attached hydrogens (tertiary/aromatic N) is 3. The molecular formula is C31H29N3O4. The summed E-state index contributed by atoms with van der Waals surface area (Å²) in [4.78, 5) is 19.5. The van der Waals surface area contributed by atoms with Gasteiger partial charge in [0.25, 0.3) is 5.91 Å². The Kier molecular flexibility index (Phi) is 6.47. The van der Waals surface area contributed by atoms with Gasteiger partial charge in [-0.15, -0.1) is 0 Å². The van der Waals surface area contributed by atoms with Crippen molar-refractivity contribution in [3.05, 3.63) is 65.9 Å². The standard InChI is InChI=1S/C31H29N3O4/c1-36-29-16-22(7-9-25(29)31(35)34-13-3-2-4-14-34)28-17-26-30(38-28)24(11-12-33-26)21-8-10-27(23(15-21)18-32)37-19-20-5-6-20/h7-12,15-17,20H,2-6,13-14,19H2,1H3. The molecule has 1 saturated carbocycles. The number of ether oxygens (including phenoxy) is 2. The minimum Gasteiger partial charge on any atom is -0.496 e. The number of carbonyl (C=O) groups excluding carboxylic acids is 1. The van der Waals surface area contributed by atoms with E-state index in [0.29, 0.717) is 52.0 Å². The summed E-state index contributed by atoms with van der Waals surface area (Å²) in [5.74, 6) is 2.37. The van der Waals surface area contributed by atoms with E-state index in [1.54, 1.807) is 13.3 Å². The van der Waals surface area contributed by atoms with Crippen LogP contribution in [0, 0.1) is 17.2 Å². The summed E-state index contributed by atoms with van der Waals surface area (Å²) >= 11 is 0. The smallest absolute Gasteiger partial charge is 0.257 e. The van der Waals surface area contributed by atoms with Crippen molar-refractivity contribution in [1.82, 2.24) is 9.88 Å². The van der Waals surface area contributed by atoms with Gasteiger partial charge in [-0.2, -0.15) is 5.26 Å². The molecule has 38 heavy (non-hydrogen) atoms. The zero-order valence-corrected chi connectivity index (χ0v) is 21.4. The number of pyridine rings is 1. The summed E-state index contributed by atoms with van der Waals surface area (Å²) in [7, 11) is 1.58. The monoisotopic (exact) mass is 507 g/mol. The number of likely N-dealkylation sites (tertiary alicyclic amines) is 1. The summed E-state index contributed by atoms with van der Waals surface area (Å²) < 4.78 is 17.8. The van der Waals surface area contributed by atoms with Crippen molar-refractivity contribution in [3.63, 3.8) is 0 Å². The van der Waals surface area contributed by atoms with Gasteiger partial charge in [-0.3, -0.25) is 9.78 Å². The molecule has 0 radical (unpaired) electrons. The number of methoxy groups -OCH3 is 1. The minimum absolute atomic E-state index is 0.000450. The molecule has 2 fully saturated rings. The van der Waals surface area contributed by atoms with Gasteiger partial charge in [0.15, 0.2) is 5.58 Å². The average molecular weight is 508 g/mol. The second-order valence-electron chi connectivity index (χ2n) is 10.0. The number of rotatable bonds is 7. The number of carbonyl (C=O) groups is 1. The Balaban J connectivity index is 1.32. The molecule has 7 nitrogen and oxygen atoms in total. The van der Waals surface area contributed by atoms with Gasteiger partial charge in [-0.25, -0.2) is 0 Å². The molecule has 0 bridgehead atoms. The van der Waals surface area contributed by atoms with E-state index in [1.165, 1.54) is 12.8 Å². The van der Waals surface area contributed by atoms with E-state index in [4.69, 9.17) is 13.9 Å². The van der Waals surface area contributed by atoms with Crippen LogP contribution in [-0.2, 0) is 0 Å². The molecule has 1 aliphatic carbocycles. The highest BCUT2D eigenvalue weighted by molar-refractivity contribution is 5.98. The number of nitriles is 1. The van der Waals surface area contributed by atoms with Crippen molar-refractivity contribution in [2.24, 2.45) is 5.92 Å². The predicted molar refractivity (Wildman–Crippen MR) is 144 cm³/mol. The SMILES string of the molecule is COc1cc(-c2cc3nccc(-c4ccc(OCC5CC5)c(C#N)c4)c3o2)ccc1C(=O)N1CCCCC1. The Hall–Kier alpha value is -4.31. The van der Waals surface area contributed by atoms with Crippen LogP contribution in [0.4, 0.5) is 0 Å². The molecule has 3 heterocycles. The van der Waals surface area contributed by atoms with Crippen LogP contribution < -0.4 is 9.47 Å². The van der Waals surface area contributed by atoms with E-state index < -0.39 is 0 Å². The van der Waals surface area contributed by atoms with E-state index in [1.807, 2.05) is 53.4 Å². The Labute approximate surface area is 221 Å². The summed E-state index contributed by atoms with van der Waals surface area (Å²) in [5.41, 5.74) is 4.88. The lowest BCUT2D eigenvalue weighted by atomic mass is 10.0. The van der Waals surface area contributed by atoms with Crippen molar-refractivity contribution < 1.29 is 18.7 Å². The average Bonchev–Trinajstić information content (AvgIpc) is 3.70. The highest BCUT2D eigenvalue weighted by Gasteiger charge is 2.24. The fourth-order valence-corrected chi connectivity index (χ4v) is 5.00. The molecule has 6 rings (SSSR count). The molecule has 2 aliphatic rings. The lowest BCUT2D eigenvalue weighted by molar-refractivity contribution is 0.0721. The third-order valence-corrected chi connectivity index (χ3v) is 7.35. The number of piperidine rings is 1. The maximum absolute atomic E-state index is 13.1. The fraction of sp³-hybridized carbons (Fsp3) is 0.323. The Morgan fingerprint density at radius 3 is 2.63 bits per heavy atom. The lowest BCUT2D eigenvalue weighted by Gasteiger charge is -2.27. The number of aromatic nitrogens is 1. The van der Waals surface area contributed by atoms with Crippen LogP contribution >= 0.6 is 0 Å². The zero-order valence-electron chi connectivity index (χ0n) is 21.4. The normalized spacial score (nSPS) is 15.3. The van der Waals surface area contributed by atoms with Crippen molar-refractivity contribution >= 4 is 17.0 Å². The molecule has 0 spiro atoms. The second-order valence-corrected chi connectivity index (χ2v) is 10.0. The predicted octanol–water partition coefficient (Wildman–Crippen LogP) is 6.46. The third kappa shape index (κ3) is 4.70. The quantitative estimate of drug-likeness (QED) is 0.285. The summed E-state index contributed by atoms with van der Waals surface area (Å²) in [6, 6.07) is 17.2. The molecule has 0 N–H and O–H groups in total. The van der Waals surface area contributed by atoms with Crippen LogP contribution in [-0.4, -0.2) is 42.6 Å². The van der Waals surface area contributed by atoms with Gasteiger partial charge in [-0.05, 0) is 73.9 Å². The van der Waals surface area contributed by atoms with E-state index in [9.17, 15) is 10.1 Å². The van der Waals surface area contributed by atoms with Gasteiger partial charge in [0.1, 0.15) is 28.8 Å². The first kappa shape index (κ1) is 24.1. The maximum atomic E-state index is 13.1. The molecule has 0 unspecified atom stereocenters. The van der Waals surface area contributed by atoms with Crippen LogP contribution in [0.5, 0.6) is 11.5 Å². The first-order valence-electron chi connectivity index (χ1n) is 13.2. The lowest BCUT2D eigenvalue weighted by Crippen LogP contribution is -2.35. The largest absolute Gasteiger partial charge is 0.496 e. The Morgan fingerprint density at radius 2 is 1.87 bits per heavy atom. The number of benzene rings is 2. The number of hydrogen-bond donors (Lipinski definition) is 0. The molecule has 4 aromatic rings. The Bertz CT molecular complexity index is 1540. The molecule has 7 heteroatoms. The molecule has 192 valence electrons. The highest BCUT2D eigenvalue weighted by Crippen LogP contribution is 2.37. The first-order chi connectivity index (χ1) is 18.6.